The Kier molecular flexibility index (Phi) is 5.29. The van der Waals surface area contributed by atoms with E-state index in [-0.39, 0.29) is 12.1 Å². The first-order valence-corrected chi connectivity index (χ1v) is 9.62. The fourth-order valence-electron chi connectivity index (χ4n) is 3.61. The summed E-state index contributed by atoms with van der Waals surface area (Å²) in [7, 11) is 0. The Morgan fingerprint density at radius 3 is 2.61 bits per heavy atom. The van der Waals surface area contributed by atoms with E-state index in [1.165, 1.54) is 4.57 Å². The van der Waals surface area contributed by atoms with Crippen LogP contribution in [0.2, 0.25) is 5.02 Å². The molecule has 2 heterocycles. The minimum atomic E-state index is -0.153. The van der Waals surface area contributed by atoms with Crippen LogP contribution in [0.15, 0.2) is 53.3 Å². The zero-order valence-corrected chi connectivity index (χ0v) is 16.1. The van der Waals surface area contributed by atoms with Crippen LogP contribution in [0.3, 0.4) is 0 Å². The van der Waals surface area contributed by atoms with Gasteiger partial charge in [-0.05, 0) is 30.3 Å². The molecule has 3 aromatic rings. The van der Waals surface area contributed by atoms with Crippen molar-refractivity contribution in [2.24, 2.45) is 0 Å². The number of nitrogens with zero attached hydrogens (tertiary/aromatic N) is 5. The molecule has 1 aliphatic rings. The summed E-state index contributed by atoms with van der Waals surface area (Å²) in [6.07, 6.45) is 0. The molecule has 0 spiro atoms. The molecule has 0 radical (unpaired) electrons. The molecule has 2 aromatic carbocycles. The monoisotopic (exact) mass is 393 g/mol. The zero-order valence-electron chi connectivity index (χ0n) is 15.4. The molecule has 1 saturated heterocycles. The lowest BCUT2D eigenvalue weighted by Gasteiger charge is -2.36. The van der Waals surface area contributed by atoms with Gasteiger partial charge < -0.3 is 4.90 Å². The van der Waals surface area contributed by atoms with Crippen LogP contribution in [0, 0.1) is 11.3 Å². The number of aromatic nitrogens is 2. The summed E-state index contributed by atoms with van der Waals surface area (Å²) < 4.78 is 1.49. The second-order valence-corrected chi connectivity index (χ2v) is 7.27. The van der Waals surface area contributed by atoms with E-state index in [0.29, 0.717) is 23.3 Å². The van der Waals surface area contributed by atoms with E-state index < -0.39 is 0 Å². The average Bonchev–Trinajstić information content (AvgIpc) is 2.71. The molecule has 28 heavy (non-hydrogen) atoms. The van der Waals surface area contributed by atoms with Gasteiger partial charge in [0.25, 0.3) is 5.56 Å². The molecule has 0 N–H and O–H groups in total. The molecule has 1 aromatic heterocycles. The number of rotatable bonds is 4. The topological polar surface area (TPSA) is 65.2 Å². The first kappa shape index (κ1) is 18.5. The van der Waals surface area contributed by atoms with Crippen molar-refractivity contribution in [3.05, 3.63) is 69.7 Å². The van der Waals surface area contributed by atoms with Crippen LogP contribution in [0.4, 0.5) is 5.69 Å². The van der Waals surface area contributed by atoms with Crippen LogP contribution in [-0.4, -0.2) is 40.6 Å². The summed E-state index contributed by atoms with van der Waals surface area (Å²) in [5, 5.41) is 10.4. The average molecular weight is 394 g/mol. The van der Waals surface area contributed by atoms with Gasteiger partial charge in [0.05, 0.1) is 23.5 Å². The predicted octanol–water partition coefficient (Wildman–Crippen LogP) is 2.90. The van der Waals surface area contributed by atoms with Gasteiger partial charge in [0.15, 0.2) is 0 Å². The van der Waals surface area contributed by atoms with Crippen LogP contribution >= 0.6 is 11.6 Å². The summed E-state index contributed by atoms with van der Waals surface area (Å²) in [4.78, 5) is 22.0. The molecular formula is C21H20ClN5O. The summed E-state index contributed by atoms with van der Waals surface area (Å²) >= 11 is 6.11. The first-order valence-electron chi connectivity index (χ1n) is 9.24. The molecule has 1 fully saturated rings. The molecule has 6 nitrogen and oxygen atoms in total. The van der Waals surface area contributed by atoms with Crippen molar-refractivity contribution in [3.8, 4) is 6.07 Å². The van der Waals surface area contributed by atoms with E-state index in [1.54, 1.807) is 6.07 Å². The number of nitriles is 1. The minimum Gasteiger partial charge on any atom is -0.369 e. The summed E-state index contributed by atoms with van der Waals surface area (Å²) in [6, 6.07) is 17.3. The van der Waals surface area contributed by atoms with Gasteiger partial charge in [0, 0.05) is 36.9 Å². The Bertz CT molecular complexity index is 1100. The van der Waals surface area contributed by atoms with Gasteiger partial charge in [-0.1, -0.05) is 29.8 Å². The van der Waals surface area contributed by atoms with Crippen LogP contribution in [0.25, 0.3) is 10.9 Å². The highest BCUT2D eigenvalue weighted by molar-refractivity contribution is 6.30. The van der Waals surface area contributed by atoms with Crippen molar-refractivity contribution >= 4 is 28.2 Å². The maximum atomic E-state index is 12.8. The van der Waals surface area contributed by atoms with E-state index in [1.807, 2.05) is 36.4 Å². The van der Waals surface area contributed by atoms with E-state index in [2.05, 4.69) is 26.9 Å². The molecule has 7 heteroatoms. The van der Waals surface area contributed by atoms with Crippen LogP contribution in [0.5, 0.6) is 0 Å². The van der Waals surface area contributed by atoms with Crippen molar-refractivity contribution in [2.45, 2.75) is 13.1 Å². The number of anilines is 1. The van der Waals surface area contributed by atoms with Crippen molar-refractivity contribution in [2.75, 3.05) is 31.1 Å². The number of benzene rings is 2. The summed E-state index contributed by atoms with van der Waals surface area (Å²) in [6.45, 7) is 4.00. The number of para-hydroxylation sites is 1. The second kappa shape index (κ2) is 8.01. The quantitative estimate of drug-likeness (QED) is 0.682. The van der Waals surface area contributed by atoms with Gasteiger partial charge in [-0.2, -0.15) is 5.26 Å². The van der Waals surface area contributed by atoms with Gasteiger partial charge in [0.2, 0.25) is 0 Å². The maximum absolute atomic E-state index is 12.8. The number of hydrogen-bond donors (Lipinski definition) is 0. The molecule has 0 bridgehead atoms. The lowest BCUT2D eigenvalue weighted by molar-refractivity contribution is 0.240. The molecule has 0 amide bonds. The summed E-state index contributed by atoms with van der Waals surface area (Å²) in [5.41, 5.74) is 1.64. The number of piperazine rings is 1. The highest BCUT2D eigenvalue weighted by Gasteiger charge is 2.20. The molecular weight excluding hydrogens is 374 g/mol. The van der Waals surface area contributed by atoms with E-state index >= 15 is 0 Å². The fourth-order valence-corrected chi connectivity index (χ4v) is 3.79. The smallest absolute Gasteiger partial charge is 0.262 e. The molecule has 0 saturated carbocycles. The Morgan fingerprint density at radius 2 is 1.86 bits per heavy atom. The molecule has 142 valence electrons. The standard InChI is InChI=1S/C21H20ClN5O/c22-16-4-3-5-17(14-16)26-12-10-25(11-13-26)15-20-24-19-7-2-1-6-18(19)21(28)27(20)9-8-23/h1-7,14H,9-13,15H2. The van der Waals surface area contributed by atoms with Crippen molar-refractivity contribution in [3.63, 3.8) is 0 Å². The third kappa shape index (κ3) is 3.72. The molecule has 1 aliphatic heterocycles. The number of hydrogen-bond acceptors (Lipinski definition) is 5. The summed E-state index contributed by atoms with van der Waals surface area (Å²) in [5.74, 6) is 0.640. The first-order chi connectivity index (χ1) is 13.7. The van der Waals surface area contributed by atoms with Crippen LogP contribution < -0.4 is 10.5 Å². The third-order valence-electron chi connectivity index (χ3n) is 5.08. The zero-order chi connectivity index (χ0) is 19.5. The Hall–Kier alpha value is -2.88. The molecule has 0 unspecified atom stereocenters. The highest BCUT2D eigenvalue weighted by Crippen LogP contribution is 2.21. The fraction of sp³-hybridized carbons (Fsp3) is 0.286. The van der Waals surface area contributed by atoms with E-state index in [4.69, 9.17) is 16.9 Å². The lowest BCUT2D eigenvalue weighted by atomic mass is 10.2. The van der Waals surface area contributed by atoms with Gasteiger partial charge in [-0.25, -0.2) is 4.98 Å². The van der Waals surface area contributed by atoms with E-state index in [0.717, 1.165) is 36.9 Å². The SMILES string of the molecule is N#CCn1c(CN2CCN(c3cccc(Cl)c3)CC2)nc2ccccc2c1=O. The van der Waals surface area contributed by atoms with Crippen molar-refractivity contribution < 1.29 is 0 Å². The Balaban J connectivity index is 1.53. The Morgan fingerprint density at radius 1 is 1.07 bits per heavy atom. The third-order valence-corrected chi connectivity index (χ3v) is 5.32. The molecule has 4 rings (SSSR count). The number of fused-ring (bicyclic) bond motifs is 1. The van der Waals surface area contributed by atoms with Gasteiger partial charge in [-0.3, -0.25) is 14.3 Å². The highest BCUT2D eigenvalue weighted by atomic mass is 35.5. The van der Waals surface area contributed by atoms with Gasteiger partial charge in [0.1, 0.15) is 12.4 Å². The maximum Gasteiger partial charge on any atom is 0.262 e. The van der Waals surface area contributed by atoms with Crippen LogP contribution in [0.1, 0.15) is 5.82 Å². The van der Waals surface area contributed by atoms with Crippen LogP contribution in [-0.2, 0) is 13.1 Å². The normalized spacial score (nSPS) is 14.9. The van der Waals surface area contributed by atoms with Crippen molar-refractivity contribution in [1.29, 1.82) is 5.26 Å². The van der Waals surface area contributed by atoms with Gasteiger partial charge >= 0.3 is 0 Å². The second-order valence-electron chi connectivity index (χ2n) is 6.84. The van der Waals surface area contributed by atoms with E-state index in [9.17, 15) is 4.79 Å². The minimum absolute atomic E-state index is 0.00841. The van der Waals surface area contributed by atoms with Gasteiger partial charge in [-0.15, -0.1) is 0 Å². The largest absolute Gasteiger partial charge is 0.369 e. The van der Waals surface area contributed by atoms with Crippen molar-refractivity contribution in [1.82, 2.24) is 14.5 Å². The lowest BCUT2D eigenvalue weighted by Crippen LogP contribution is -2.46. The Labute approximate surface area is 168 Å². The number of halogens is 1. The molecule has 0 atom stereocenters. The predicted molar refractivity (Wildman–Crippen MR) is 111 cm³/mol. The molecule has 0 aliphatic carbocycles.